The van der Waals surface area contributed by atoms with Gasteiger partial charge in [-0.15, -0.1) is 0 Å². The maximum Gasteiger partial charge on any atom is 0.302 e. The van der Waals surface area contributed by atoms with Gasteiger partial charge < -0.3 is 10.1 Å². The van der Waals surface area contributed by atoms with E-state index >= 15 is 0 Å². The summed E-state index contributed by atoms with van der Waals surface area (Å²) in [6, 6.07) is 6.45. The zero-order chi connectivity index (χ0) is 25.6. The largest absolute Gasteiger partial charge is 0.375 e. The van der Waals surface area contributed by atoms with Crippen LogP contribution in [0.15, 0.2) is 36.7 Å². The van der Waals surface area contributed by atoms with Crippen LogP contribution in [-0.4, -0.2) is 48.8 Å². The van der Waals surface area contributed by atoms with Gasteiger partial charge in [0, 0.05) is 18.9 Å². The Morgan fingerprint density at radius 1 is 1.20 bits per heavy atom. The van der Waals surface area contributed by atoms with Crippen LogP contribution in [0, 0.1) is 26.7 Å². The van der Waals surface area contributed by atoms with E-state index in [9.17, 15) is 13.2 Å². The van der Waals surface area contributed by atoms with Crippen LogP contribution in [-0.2, 0) is 26.3 Å². The van der Waals surface area contributed by atoms with Crippen LogP contribution < -0.4 is 10.0 Å². The molecule has 1 aliphatic heterocycles. The number of benzene rings is 1. The van der Waals surface area contributed by atoms with Crippen molar-refractivity contribution in [2.45, 2.75) is 72.6 Å². The molecule has 0 aliphatic carbocycles. The van der Waals surface area contributed by atoms with Crippen molar-refractivity contribution in [2.75, 3.05) is 17.9 Å². The number of hydrogen-bond donors (Lipinski definition) is 2. The van der Waals surface area contributed by atoms with Crippen molar-refractivity contribution in [3.05, 3.63) is 58.9 Å². The van der Waals surface area contributed by atoms with E-state index in [-0.39, 0.29) is 17.9 Å². The summed E-state index contributed by atoms with van der Waals surface area (Å²) in [5.74, 6) is -0.159. The Labute approximate surface area is 209 Å². The lowest BCUT2D eigenvalue weighted by Gasteiger charge is -2.35. The second-order valence-electron chi connectivity index (χ2n) is 9.70. The molecule has 9 heteroatoms. The minimum atomic E-state index is -3.90. The van der Waals surface area contributed by atoms with Crippen LogP contribution in [0.2, 0.25) is 0 Å². The first-order valence-corrected chi connectivity index (χ1v) is 13.7. The molecule has 1 aromatic heterocycles. The molecule has 2 aromatic rings. The summed E-state index contributed by atoms with van der Waals surface area (Å²) in [4.78, 5) is 17.4. The number of carbonyl (C=O) groups is 1. The lowest BCUT2D eigenvalue weighted by molar-refractivity contribution is -0.127. The number of aromatic nitrogens is 1. The number of nitrogens with one attached hydrogen (secondary N) is 2. The number of carbonyl (C=O) groups excluding carboxylic acids is 1. The summed E-state index contributed by atoms with van der Waals surface area (Å²) >= 11 is 0. The van der Waals surface area contributed by atoms with Crippen molar-refractivity contribution < 1.29 is 17.9 Å². The van der Waals surface area contributed by atoms with Crippen molar-refractivity contribution in [3.63, 3.8) is 0 Å². The Hall–Kier alpha value is -2.49. The Balaban J connectivity index is 1.68. The van der Waals surface area contributed by atoms with E-state index in [1.54, 1.807) is 12.4 Å². The first-order valence-electron chi connectivity index (χ1n) is 12.2. The molecule has 2 heterocycles. The Kier molecular flexibility index (Phi) is 9.27. The van der Waals surface area contributed by atoms with Crippen LogP contribution >= 0.6 is 0 Å². The molecule has 1 aromatic carbocycles. The van der Waals surface area contributed by atoms with Gasteiger partial charge in [0.1, 0.15) is 6.04 Å². The van der Waals surface area contributed by atoms with E-state index in [2.05, 4.69) is 15.0 Å². The maximum absolute atomic E-state index is 13.3. The molecular weight excluding hydrogens is 464 g/mol. The smallest absolute Gasteiger partial charge is 0.302 e. The van der Waals surface area contributed by atoms with Gasteiger partial charge >= 0.3 is 10.2 Å². The number of hydrogen-bond acceptors (Lipinski definition) is 5. The minimum Gasteiger partial charge on any atom is -0.375 e. The highest BCUT2D eigenvalue weighted by Crippen LogP contribution is 2.25. The average Bonchev–Trinajstić information content (AvgIpc) is 2.82. The molecule has 2 N–H and O–H groups in total. The highest BCUT2D eigenvalue weighted by atomic mass is 32.2. The minimum absolute atomic E-state index is 0.123. The van der Waals surface area contributed by atoms with E-state index in [4.69, 9.17) is 4.74 Å². The molecule has 1 fully saturated rings. The first kappa shape index (κ1) is 27.1. The Bertz CT molecular complexity index is 1080. The predicted molar refractivity (Wildman–Crippen MR) is 138 cm³/mol. The van der Waals surface area contributed by atoms with E-state index < -0.39 is 16.3 Å². The molecule has 0 bridgehead atoms. The van der Waals surface area contributed by atoms with Gasteiger partial charge in [-0.25, -0.2) is 0 Å². The van der Waals surface area contributed by atoms with E-state index in [1.165, 1.54) is 4.31 Å². The number of aryl methyl sites for hydroxylation is 2. The summed E-state index contributed by atoms with van der Waals surface area (Å²) in [7, 11) is -3.90. The fourth-order valence-corrected chi connectivity index (χ4v) is 5.66. The van der Waals surface area contributed by atoms with Crippen molar-refractivity contribution in [3.8, 4) is 0 Å². The van der Waals surface area contributed by atoms with Crippen LogP contribution in [0.4, 0.5) is 5.69 Å². The molecule has 3 rings (SSSR count). The number of piperidine rings is 1. The monoisotopic (exact) mass is 502 g/mol. The van der Waals surface area contributed by atoms with Gasteiger partial charge in [0.2, 0.25) is 5.91 Å². The second-order valence-corrected chi connectivity index (χ2v) is 11.3. The molecular formula is C26H38N4O4S. The molecule has 35 heavy (non-hydrogen) atoms. The lowest BCUT2D eigenvalue weighted by atomic mass is 10.0. The molecule has 0 saturated carbocycles. The zero-order valence-electron chi connectivity index (χ0n) is 21.4. The number of nitrogens with zero attached hydrogens (tertiary/aromatic N) is 2. The third kappa shape index (κ3) is 7.25. The number of anilines is 1. The van der Waals surface area contributed by atoms with Gasteiger partial charge in [-0.3, -0.25) is 14.5 Å². The van der Waals surface area contributed by atoms with Crippen molar-refractivity contribution in [2.24, 2.45) is 5.92 Å². The van der Waals surface area contributed by atoms with Crippen molar-refractivity contribution in [1.29, 1.82) is 0 Å². The van der Waals surface area contributed by atoms with E-state index in [0.717, 1.165) is 35.1 Å². The van der Waals surface area contributed by atoms with Crippen LogP contribution in [0.1, 0.15) is 55.4 Å². The van der Waals surface area contributed by atoms with Gasteiger partial charge in [-0.05, 0) is 80.0 Å². The zero-order valence-corrected chi connectivity index (χ0v) is 22.2. The summed E-state index contributed by atoms with van der Waals surface area (Å²) in [6.45, 7) is 11.0. The summed E-state index contributed by atoms with van der Waals surface area (Å²) in [5.41, 5.74) is 4.63. The highest BCUT2D eigenvalue weighted by Gasteiger charge is 2.37. The van der Waals surface area contributed by atoms with Gasteiger partial charge in [0.05, 0.1) is 24.9 Å². The summed E-state index contributed by atoms with van der Waals surface area (Å²) < 4.78 is 36.5. The fourth-order valence-electron chi connectivity index (χ4n) is 4.22. The Morgan fingerprint density at radius 2 is 1.91 bits per heavy atom. The van der Waals surface area contributed by atoms with E-state index in [1.807, 2.05) is 58.9 Å². The lowest BCUT2D eigenvalue weighted by Crippen LogP contribution is -2.56. The normalized spacial score (nSPS) is 17.8. The average molecular weight is 503 g/mol. The third-order valence-corrected chi connectivity index (χ3v) is 8.21. The molecule has 1 amide bonds. The van der Waals surface area contributed by atoms with Gasteiger partial charge in [-0.1, -0.05) is 26.3 Å². The molecule has 1 saturated heterocycles. The van der Waals surface area contributed by atoms with Crippen molar-refractivity contribution >= 4 is 21.8 Å². The predicted octanol–water partition coefficient (Wildman–Crippen LogP) is 3.88. The van der Waals surface area contributed by atoms with E-state index in [0.29, 0.717) is 31.9 Å². The molecule has 2 atom stereocenters. The first-order chi connectivity index (χ1) is 16.6. The standard InChI is InChI=1S/C26H38N4O4S/c1-18(2)24(17-34-16-22-9-8-11-27-15-22)28-26(31)25-10-6-7-12-30(25)35(32,33)29-23-13-19(3)21(5)20(4)14-23/h8-9,11,13-15,18,24-25,29H,6-7,10,12,16-17H2,1-5H3,(H,28,31)/t24-,25+/m1/s1. The van der Waals surface area contributed by atoms with Gasteiger partial charge in [0.15, 0.2) is 0 Å². The second kappa shape index (κ2) is 12.0. The summed E-state index contributed by atoms with van der Waals surface area (Å²) in [5, 5.41) is 3.05. The van der Waals surface area contributed by atoms with Crippen LogP contribution in [0.3, 0.4) is 0 Å². The number of pyridine rings is 1. The van der Waals surface area contributed by atoms with Crippen molar-refractivity contribution in [1.82, 2.24) is 14.6 Å². The summed E-state index contributed by atoms with van der Waals surface area (Å²) in [6.07, 6.45) is 5.47. The Morgan fingerprint density at radius 3 is 2.54 bits per heavy atom. The molecule has 1 aliphatic rings. The van der Waals surface area contributed by atoms with Crippen LogP contribution in [0.25, 0.3) is 0 Å². The van der Waals surface area contributed by atoms with Crippen LogP contribution in [0.5, 0.6) is 0 Å². The molecule has 0 radical (unpaired) electrons. The highest BCUT2D eigenvalue weighted by molar-refractivity contribution is 7.90. The maximum atomic E-state index is 13.3. The molecule has 0 spiro atoms. The SMILES string of the molecule is Cc1cc(NS(=O)(=O)N2CCCC[C@H]2C(=O)N[C@H](COCc2cccnc2)C(C)C)cc(C)c1C. The topological polar surface area (TPSA) is 101 Å². The van der Waals surface area contributed by atoms with Gasteiger partial charge in [-0.2, -0.15) is 12.7 Å². The molecule has 8 nitrogen and oxygen atoms in total. The van der Waals surface area contributed by atoms with Gasteiger partial charge in [0.25, 0.3) is 0 Å². The number of amides is 1. The molecule has 0 unspecified atom stereocenters. The fraction of sp³-hybridized carbons (Fsp3) is 0.538. The number of ether oxygens (including phenoxy) is 1. The third-order valence-electron chi connectivity index (χ3n) is 6.66. The number of rotatable bonds is 10. The quantitative estimate of drug-likeness (QED) is 0.514. The molecule has 192 valence electrons.